The average molecular weight is 352 g/mol. The number of amides is 3. The fraction of sp³-hybridized carbons (Fsp3) is 0.211. The van der Waals surface area contributed by atoms with Crippen molar-refractivity contribution in [3.63, 3.8) is 0 Å². The third kappa shape index (κ3) is 2.57. The van der Waals surface area contributed by atoms with E-state index < -0.39 is 5.91 Å². The molecule has 2 aliphatic rings. The van der Waals surface area contributed by atoms with Crippen molar-refractivity contribution in [2.24, 2.45) is 0 Å². The van der Waals surface area contributed by atoms with Gasteiger partial charge in [-0.2, -0.15) is 0 Å². The molecule has 7 nitrogen and oxygen atoms in total. The molecule has 0 radical (unpaired) electrons. The van der Waals surface area contributed by atoms with Crippen molar-refractivity contribution >= 4 is 17.7 Å². The minimum absolute atomic E-state index is 0.249. The molecule has 3 amide bonds. The summed E-state index contributed by atoms with van der Waals surface area (Å²) in [5, 5.41) is 2.81. The molecule has 0 aromatic heterocycles. The Morgan fingerprint density at radius 3 is 2.69 bits per heavy atom. The van der Waals surface area contributed by atoms with Crippen LogP contribution in [0.5, 0.6) is 11.5 Å². The van der Waals surface area contributed by atoms with E-state index in [4.69, 9.17) is 9.47 Å². The summed E-state index contributed by atoms with van der Waals surface area (Å²) < 4.78 is 11.2. The van der Waals surface area contributed by atoms with E-state index in [0.29, 0.717) is 35.8 Å². The fourth-order valence-corrected chi connectivity index (χ4v) is 3.05. The third-order valence-corrected chi connectivity index (χ3v) is 4.44. The summed E-state index contributed by atoms with van der Waals surface area (Å²) in [7, 11) is 1.42. The minimum Gasteiger partial charge on any atom is -0.486 e. The maximum Gasteiger partial charge on any atom is 0.261 e. The van der Waals surface area contributed by atoms with E-state index in [2.05, 4.69) is 5.32 Å². The van der Waals surface area contributed by atoms with Crippen LogP contribution in [0.1, 0.15) is 36.6 Å². The fourth-order valence-electron chi connectivity index (χ4n) is 3.05. The summed E-state index contributed by atoms with van der Waals surface area (Å²) in [6.45, 7) is 1.22. The molecule has 0 saturated carbocycles. The van der Waals surface area contributed by atoms with Crippen LogP contribution >= 0.6 is 0 Å². The second-order valence-electron chi connectivity index (χ2n) is 6.05. The van der Waals surface area contributed by atoms with Gasteiger partial charge in [-0.05, 0) is 24.3 Å². The Hall–Kier alpha value is -3.35. The molecule has 0 aliphatic carbocycles. The molecule has 2 aromatic rings. The number of carbonyl (C=O) groups excluding carboxylic acids is 3. The van der Waals surface area contributed by atoms with Crippen LogP contribution in [0.3, 0.4) is 0 Å². The highest BCUT2D eigenvalue weighted by molar-refractivity contribution is 6.21. The van der Waals surface area contributed by atoms with E-state index in [1.807, 2.05) is 18.2 Å². The number of ether oxygens (including phenoxy) is 2. The lowest BCUT2D eigenvalue weighted by Crippen LogP contribution is -2.25. The molecular formula is C19H16N2O5. The molecule has 0 spiro atoms. The monoisotopic (exact) mass is 352 g/mol. The lowest BCUT2D eigenvalue weighted by atomic mass is 10.1. The van der Waals surface area contributed by atoms with E-state index in [0.717, 1.165) is 10.5 Å². The van der Waals surface area contributed by atoms with E-state index in [9.17, 15) is 14.4 Å². The highest BCUT2D eigenvalue weighted by atomic mass is 16.6. The lowest BCUT2D eigenvalue weighted by molar-refractivity contribution is 0.0693. The van der Waals surface area contributed by atoms with Gasteiger partial charge in [0.25, 0.3) is 17.7 Å². The van der Waals surface area contributed by atoms with Crippen LogP contribution in [-0.2, 0) is 6.54 Å². The Labute approximate surface area is 149 Å². The number of nitrogens with one attached hydrogen (secondary N) is 1. The normalized spacial score (nSPS) is 15.0. The van der Waals surface area contributed by atoms with Crippen molar-refractivity contribution in [1.82, 2.24) is 10.2 Å². The molecule has 0 saturated heterocycles. The third-order valence-electron chi connectivity index (χ3n) is 4.44. The second-order valence-corrected chi connectivity index (χ2v) is 6.05. The second kappa shape index (κ2) is 6.18. The van der Waals surface area contributed by atoms with Crippen molar-refractivity contribution in [2.75, 3.05) is 20.3 Å². The highest BCUT2D eigenvalue weighted by Gasteiger charge is 2.33. The molecule has 1 N–H and O–H groups in total. The number of rotatable bonds is 3. The van der Waals surface area contributed by atoms with Gasteiger partial charge in [0.2, 0.25) is 0 Å². The Kier molecular flexibility index (Phi) is 3.84. The van der Waals surface area contributed by atoms with Gasteiger partial charge < -0.3 is 14.8 Å². The Morgan fingerprint density at radius 2 is 1.85 bits per heavy atom. The van der Waals surface area contributed by atoms with E-state index in [-0.39, 0.29) is 23.9 Å². The number of imide groups is 1. The SMILES string of the molecule is CN1C(=O)c2ccc(C(=O)NCc3cccc4c3OCCO4)cc2C1=O. The van der Waals surface area contributed by atoms with Crippen molar-refractivity contribution in [3.05, 3.63) is 58.7 Å². The molecule has 4 rings (SSSR count). The van der Waals surface area contributed by atoms with Gasteiger partial charge in [0.15, 0.2) is 11.5 Å². The van der Waals surface area contributed by atoms with Crippen LogP contribution in [0.2, 0.25) is 0 Å². The lowest BCUT2D eigenvalue weighted by Gasteiger charge is -2.21. The average Bonchev–Trinajstić information content (AvgIpc) is 2.90. The van der Waals surface area contributed by atoms with E-state index in [1.54, 1.807) is 6.07 Å². The quantitative estimate of drug-likeness (QED) is 0.849. The minimum atomic E-state index is -0.401. The highest BCUT2D eigenvalue weighted by Crippen LogP contribution is 2.33. The topological polar surface area (TPSA) is 84.9 Å². The molecule has 0 bridgehead atoms. The molecule has 2 aliphatic heterocycles. The Morgan fingerprint density at radius 1 is 1.08 bits per heavy atom. The largest absolute Gasteiger partial charge is 0.486 e. The first-order chi connectivity index (χ1) is 12.6. The summed E-state index contributed by atoms with van der Waals surface area (Å²) in [5.41, 5.74) is 1.69. The summed E-state index contributed by atoms with van der Waals surface area (Å²) in [6.07, 6.45) is 0. The zero-order chi connectivity index (χ0) is 18.3. The molecule has 0 unspecified atom stereocenters. The van der Waals surface area contributed by atoms with Gasteiger partial charge in [0.1, 0.15) is 13.2 Å². The predicted octanol–water partition coefficient (Wildman–Crippen LogP) is 1.61. The summed E-state index contributed by atoms with van der Waals surface area (Å²) in [4.78, 5) is 37.5. The molecule has 7 heteroatoms. The van der Waals surface area contributed by atoms with Crippen LogP contribution < -0.4 is 14.8 Å². The van der Waals surface area contributed by atoms with Crippen molar-refractivity contribution in [3.8, 4) is 11.5 Å². The van der Waals surface area contributed by atoms with Gasteiger partial charge in [0, 0.05) is 24.7 Å². The molecule has 132 valence electrons. The first-order valence-corrected chi connectivity index (χ1v) is 8.18. The van der Waals surface area contributed by atoms with Gasteiger partial charge in [-0.15, -0.1) is 0 Å². The molecule has 0 atom stereocenters. The number of benzene rings is 2. The summed E-state index contributed by atoms with van der Waals surface area (Å²) in [5.74, 6) is 0.201. The first-order valence-electron chi connectivity index (χ1n) is 8.18. The number of carbonyl (C=O) groups is 3. The predicted molar refractivity (Wildman–Crippen MR) is 91.5 cm³/mol. The maximum atomic E-state index is 12.5. The zero-order valence-corrected chi connectivity index (χ0v) is 14.1. The standard InChI is InChI=1S/C19H16N2O5/c1-21-18(23)13-6-5-11(9-14(13)19(21)24)17(22)20-10-12-3-2-4-15-16(12)26-8-7-25-15/h2-6,9H,7-8,10H2,1H3,(H,20,22). The zero-order valence-electron chi connectivity index (χ0n) is 14.1. The molecule has 2 heterocycles. The summed E-state index contributed by atoms with van der Waals surface area (Å²) >= 11 is 0. The van der Waals surface area contributed by atoms with Crippen molar-refractivity contribution in [1.29, 1.82) is 0 Å². The van der Waals surface area contributed by atoms with Crippen LogP contribution in [0.15, 0.2) is 36.4 Å². The molecule has 26 heavy (non-hydrogen) atoms. The van der Waals surface area contributed by atoms with Crippen LogP contribution in [-0.4, -0.2) is 42.9 Å². The van der Waals surface area contributed by atoms with Crippen LogP contribution in [0, 0.1) is 0 Å². The molecular weight excluding hydrogens is 336 g/mol. The smallest absolute Gasteiger partial charge is 0.261 e. The molecule has 2 aromatic carbocycles. The van der Waals surface area contributed by atoms with Gasteiger partial charge in [-0.1, -0.05) is 12.1 Å². The van der Waals surface area contributed by atoms with Crippen molar-refractivity contribution in [2.45, 2.75) is 6.54 Å². The van der Waals surface area contributed by atoms with Crippen LogP contribution in [0.4, 0.5) is 0 Å². The Balaban J connectivity index is 1.52. The van der Waals surface area contributed by atoms with E-state index in [1.165, 1.54) is 19.2 Å². The number of para-hydroxylation sites is 1. The summed E-state index contributed by atoms with van der Waals surface area (Å²) in [6, 6.07) is 10.0. The van der Waals surface area contributed by atoms with Crippen LogP contribution in [0.25, 0.3) is 0 Å². The van der Waals surface area contributed by atoms with E-state index >= 15 is 0 Å². The van der Waals surface area contributed by atoms with Gasteiger partial charge in [-0.3, -0.25) is 19.3 Å². The van der Waals surface area contributed by atoms with Crippen molar-refractivity contribution < 1.29 is 23.9 Å². The van der Waals surface area contributed by atoms with Gasteiger partial charge in [-0.25, -0.2) is 0 Å². The number of fused-ring (bicyclic) bond motifs is 2. The molecule has 0 fully saturated rings. The van der Waals surface area contributed by atoms with Gasteiger partial charge in [0.05, 0.1) is 11.1 Å². The number of hydrogen-bond acceptors (Lipinski definition) is 5. The first kappa shape index (κ1) is 16.1. The number of hydrogen-bond donors (Lipinski definition) is 1. The number of nitrogens with zero attached hydrogens (tertiary/aromatic N) is 1. The van der Waals surface area contributed by atoms with Gasteiger partial charge >= 0.3 is 0 Å². The Bertz CT molecular complexity index is 938. The maximum absolute atomic E-state index is 12.5.